The third-order valence-electron chi connectivity index (χ3n) is 6.96. The van der Waals surface area contributed by atoms with Gasteiger partial charge in [0.05, 0.1) is 11.8 Å². The molecule has 2 fully saturated rings. The van der Waals surface area contributed by atoms with Gasteiger partial charge in [-0.2, -0.15) is 0 Å². The Morgan fingerprint density at radius 3 is 1.09 bits per heavy atom. The lowest BCUT2D eigenvalue weighted by molar-refractivity contribution is -0.145. The predicted octanol–water partition coefficient (Wildman–Crippen LogP) is 5.52. The largest absolute Gasteiger partial charge is 0.481 e. The van der Waals surface area contributed by atoms with Crippen molar-refractivity contribution < 1.29 is 29.4 Å². The number of aliphatic carboxylic acids is 2. The van der Waals surface area contributed by atoms with Gasteiger partial charge in [-0.3, -0.25) is 19.2 Å². The maximum Gasteiger partial charge on any atom is 0.307 e. The molecule has 0 saturated heterocycles. The monoisotopic (exact) mass is 464 g/mol. The molecule has 0 aromatic heterocycles. The summed E-state index contributed by atoms with van der Waals surface area (Å²) in [7, 11) is 0. The highest BCUT2D eigenvalue weighted by Crippen LogP contribution is 2.33. The Bertz CT molecular complexity index is 903. The number of carboxylic acid groups (broad SMARTS) is 2. The molecule has 4 rings (SSSR count). The fourth-order valence-corrected chi connectivity index (χ4v) is 5.11. The molecule has 6 nitrogen and oxygen atoms in total. The van der Waals surface area contributed by atoms with E-state index in [4.69, 9.17) is 10.2 Å². The number of carbonyl (C=O) groups is 4. The minimum absolute atomic E-state index is 0.0160. The molecule has 0 spiro atoms. The van der Waals surface area contributed by atoms with Crippen molar-refractivity contribution in [3.63, 3.8) is 0 Å². The zero-order valence-corrected chi connectivity index (χ0v) is 19.3. The van der Waals surface area contributed by atoms with Gasteiger partial charge in [0, 0.05) is 23.0 Å². The summed E-state index contributed by atoms with van der Waals surface area (Å²) in [6.07, 6.45) is 6.37. The molecule has 0 amide bonds. The number of ketones is 2. The first-order chi connectivity index (χ1) is 16.4. The number of Topliss-reactive ketones (excluding diaryl/α,β-unsaturated/α-hetero) is 2. The van der Waals surface area contributed by atoms with Gasteiger partial charge in [0.25, 0.3) is 0 Å². The highest BCUT2D eigenvalue weighted by Gasteiger charge is 2.36. The first-order valence-electron chi connectivity index (χ1n) is 12.0. The number of carbonyl (C=O) groups excluding carboxylic acids is 2. The Hall–Kier alpha value is -3.28. The summed E-state index contributed by atoms with van der Waals surface area (Å²) in [6, 6.07) is 18.0. The van der Waals surface area contributed by atoms with Gasteiger partial charge >= 0.3 is 11.9 Å². The van der Waals surface area contributed by atoms with Crippen LogP contribution in [-0.4, -0.2) is 33.7 Å². The van der Waals surface area contributed by atoms with Crippen molar-refractivity contribution in [1.82, 2.24) is 0 Å². The summed E-state index contributed by atoms with van der Waals surface area (Å²) in [4.78, 5) is 46.8. The molecule has 4 atom stereocenters. The lowest BCUT2D eigenvalue weighted by atomic mass is 9.75. The summed E-state index contributed by atoms with van der Waals surface area (Å²) in [5.74, 6) is -3.39. The highest BCUT2D eigenvalue weighted by atomic mass is 16.4. The molecule has 2 aliphatic rings. The molecule has 6 heteroatoms. The lowest BCUT2D eigenvalue weighted by Crippen LogP contribution is -2.32. The van der Waals surface area contributed by atoms with Crippen molar-refractivity contribution in [2.45, 2.75) is 51.4 Å². The van der Waals surface area contributed by atoms with Crippen LogP contribution in [0, 0.1) is 23.7 Å². The number of carboxylic acids is 2. The molecule has 34 heavy (non-hydrogen) atoms. The van der Waals surface area contributed by atoms with Crippen LogP contribution in [0.15, 0.2) is 60.7 Å². The van der Waals surface area contributed by atoms with E-state index < -0.39 is 23.8 Å². The van der Waals surface area contributed by atoms with Crippen molar-refractivity contribution >= 4 is 23.5 Å². The quantitative estimate of drug-likeness (QED) is 0.545. The van der Waals surface area contributed by atoms with Crippen LogP contribution >= 0.6 is 0 Å². The zero-order chi connectivity index (χ0) is 24.5. The van der Waals surface area contributed by atoms with Gasteiger partial charge in [-0.1, -0.05) is 86.3 Å². The van der Waals surface area contributed by atoms with Gasteiger partial charge in [-0.25, -0.2) is 0 Å². The van der Waals surface area contributed by atoms with E-state index in [-0.39, 0.29) is 23.4 Å². The van der Waals surface area contributed by atoms with Gasteiger partial charge in [0.2, 0.25) is 0 Å². The molecule has 2 aromatic rings. The third kappa shape index (κ3) is 6.40. The second kappa shape index (κ2) is 12.3. The number of hydrogen-bond acceptors (Lipinski definition) is 4. The highest BCUT2D eigenvalue weighted by molar-refractivity contribution is 6.00. The van der Waals surface area contributed by atoms with Crippen molar-refractivity contribution in [2.75, 3.05) is 0 Å². The summed E-state index contributed by atoms with van der Waals surface area (Å²) in [5, 5.41) is 18.3. The summed E-state index contributed by atoms with van der Waals surface area (Å²) in [6.45, 7) is 0. The average Bonchev–Trinajstić information content (AvgIpc) is 2.89. The molecule has 2 aromatic carbocycles. The lowest BCUT2D eigenvalue weighted by Gasteiger charge is -2.27. The molecule has 0 aliphatic heterocycles. The van der Waals surface area contributed by atoms with E-state index in [1.54, 1.807) is 24.3 Å². The molecule has 2 N–H and O–H groups in total. The predicted molar refractivity (Wildman–Crippen MR) is 128 cm³/mol. The third-order valence-corrected chi connectivity index (χ3v) is 6.96. The van der Waals surface area contributed by atoms with Crippen molar-refractivity contribution in [3.8, 4) is 0 Å². The first-order valence-corrected chi connectivity index (χ1v) is 12.0. The summed E-state index contributed by atoms with van der Waals surface area (Å²) >= 11 is 0. The zero-order valence-electron chi connectivity index (χ0n) is 19.3. The van der Waals surface area contributed by atoms with Crippen LogP contribution in [0.25, 0.3) is 0 Å². The first kappa shape index (κ1) is 25.3. The number of benzene rings is 2. The van der Waals surface area contributed by atoms with E-state index in [0.29, 0.717) is 36.8 Å². The smallest absolute Gasteiger partial charge is 0.307 e. The van der Waals surface area contributed by atoms with Crippen molar-refractivity contribution in [1.29, 1.82) is 0 Å². The van der Waals surface area contributed by atoms with Crippen molar-refractivity contribution in [2.24, 2.45) is 23.7 Å². The Morgan fingerprint density at radius 2 is 0.794 bits per heavy atom. The molecule has 0 bridgehead atoms. The Morgan fingerprint density at radius 1 is 0.500 bits per heavy atom. The Kier molecular flexibility index (Phi) is 9.14. The molecule has 0 heterocycles. The average molecular weight is 465 g/mol. The molecule has 0 radical (unpaired) electrons. The molecule has 0 unspecified atom stereocenters. The van der Waals surface area contributed by atoms with Crippen LogP contribution in [-0.2, 0) is 9.59 Å². The van der Waals surface area contributed by atoms with E-state index in [2.05, 4.69) is 0 Å². The van der Waals surface area contributed by atoms with Crippen LogP contribution in [0.1, 0.15) is 72.1 Å². The van der Waals surface area contributed by atoms with Crippen LogP contribution in [0.5, 0.6) is 0 Å². The summed E-state index contributed by atoms with van der Waals surface area (Å²) in [5.41, 5.74) is 1.26. The minimum atomic E-state index is -0.834. The topological polar surface area (TPSA) is 109 Å². The molecule has 180 valence electrons. The van der Waals surface area contributed by atoms with Crippen LogP contribution in [0.3, 0.4) is 0 Å². The van der Waals surface area contributed by atoms with Crippen molar-refractivity contribution in [3.05, 3.63) is 71.8 Å². The summed E-state index contributed by atoms with van der Waals surface area (Å²) < 4.78 is 0. The van der Waals surface area contributed by atoms with E-state index in [9.17, 15) is 19.2 Å². The van der Waals surface area contributed by atoms with E-state index >= 15 is 0 Å². The second-order valence-electron chi connectivity index (χ2n) is 9.13. The fourth-order valence-electron chi connectivity index (χ4n) is 5.11. The molecule has 2 saturated carbocycles. The Balaban J connectivity index is 0.000000191. The van der Waals surface area contributed by atoms with E-state index in [1.807, 2.05) is 36.4 Å². The minimum Gasteiger partial charge on any atom is -0.481 e. The Labute approximate surface area is 200 Å². The van der Waals surface area contributed by atoms with Gasteiger partial charge in [0.15, 0.2) is 11.6 Å². The van der Waals surface area contributed by atoms with E-state index in [1.165, 1.54) is 0 Å². The standard InChI is InChI=1S/2C14H16O3/c2*15-13(10-6-2-1-3-7-10)11-8-4-5-9-12(11)14(16)17/h2*1-3,6-7,11-12H,4-5,8-9H2,(H,16,17)/t2*11-,12-/m10/s1. The van der Waals surface area contributed by atoms with Gasteiger partial charge in [-0.05, 0) is 25.7 Å². The normalized spacial score (nSPS) is 24.2. The van der Waals surface area contributed by atoms with Crippen LogP contribution in [0.4, 0.5) is 0 Å². The van der Waals surface area contributed by atoms with Gasteiger partial charge in [-0.15, -0.1) is 0 Å². The SMILES string of the molecule is O=C(O)[C@@H]1CCCC[C@H]1C(=O)c1ccccc1.O=C(O)[C@H]1CCCC[C@@H]1C(=O)c1ccccc1. The van der Waals surface area contributed by atoms with Crippen LogP contribution in [0.2, 0.25) is 0 Å². The molecular formula is C28H32O6. The maximum atomic E-state index is 12.3. The van der Waals surface area contributed by atoms with E-state index in [0.717, 1.165) is 25.7 Å². The second-order valence-corrected chi connectivity index (χ2v) is 9.13. The maximum absolute atomic E-state index is 12.3. The number of hydrogen-bond donors (Lipinski definition) is 2. The van der Waals surface area contributed by atoms with Gasteiger partial charge in [0.1, 0.15) is 0 Å². The molecular weight excluding hydrogens is 432 g/mol. The fraction of sp³-hybridized carbons (Fsp3) is 0.429. The van der Waals surface area contributed by atoms with Gasteiger partial charge < -0.3 is 10.2 Å². The van der Waals surface area contributed by atoms with Crippen LogP contribution < -0.4 is 0 Å². The number of rotatable bonds is 6. The molecule has 2 aliphatic carbocycles.